The summed E-state index contributed by atoms with van der Waals surface area (Å²) < 4.78 is 1.97. The lowest BCUT2D eigenvalue weighted by Gasteiger charge is -2.24. The Kier molecular flexibility index (Phi) is 4.45. The lowest BCUT2D eigenvalue weighted by Crippen LogP contribution is -2.31. The van der Waals surface area contributed by atoms with Gasteiger partial charge < -0.3 is 4.90 Å². The van der Waals surface area contributed by atoms with Crippen molar-refractivity contribution in [3.8, 4) is 0 Å². The number of pyridine rings is 1. The number of hydrogen-bond donors (Lipinski definition) is 0. The molecular weight excluding hydrogens is 338 g/mol. The van der Waals surface area contributed by atoms with Crippen molar-refractivity contribution in [1.82, 2.24) is 29.7 Å². The molecule has 0 radical (unpaired) electrons. The Morgan fingerprint density at radius 3 is 2.70 bits per heavy atom. The van der Waals surface area contributed by atoms with Crippen LogP contribution in [0.2, 0.25) is 0 Å². The van der Waals surface area contributed by atoms with Crippen molar-refractivity contribution in [2.75, 3.05) is 31.1 Å². The molecule has 4 heterocycles. The van der Waals surface area contributed by atoms with E-state index in [4.69, 9.17) is 5.10 Å². The van der Waals surface area contributed by atoms with E-state index in [9.17, 15) is 0 Å². The number of anilines is 1. The molecule has 1 saturated heterocycles. The number of hydrogen-bond acceptors (Lipinski definition) is 6. The largest absolute Gasteiger partial charge is 0.354 e. The third-order valence-electron chi connectivity index (χ3n) is 5.77. The molecule has 0 bridgehead atoms. The molecule has 1 saturated carbocycles. The standard InChI is InChI=1S/C20H25N7/c1-2-10-21-17(7-1)15-25-11-4-12-26(14-13-25)19-9-8-18-22-23-20(27(18)24-19)16-5-3-6-16/h1-2,7-10,16H,3-6,11-15H2. The number of nitrogens with zero attached hydrogens (tertiary/aromatic N) is 7. The van der Waals surface area contributed by atoms with Crippen molar-refractivity contribution in [3.63, 3.8) is 0 Å². The molecule has 3 aromatic rings. The minimum atomic E-state index is 0.528. The Morgan fingerprint density at radius 1 is 0.926 bits per heavy atom. The molecule has 7 nitrogen and oxygen atoms in total. The van der Waals surface area contributed by atoms with Crippen molar-refractivity contribution >= 4 is 11.5 Å². The first-order chi connectivity index (χ1) is 13.4. The number of aromatic nitrogens is 5. The maximum atomic E-state index is 4.90. The fourth-order valence-corrected chi connectivity index (χ4v) is 3.96. The van der Waals surface area contributed by atoms with Crippen LogP contribution < -0.4 is 4.90 Å². The van der Waals surface area contributed by atoms with Gasteiger partial charge in [-0.25, -0.2) is 0 Å². The summed E-state index contributed by atoms with van der Waals surface area (Å²) in [5, 5.41) is 13.6. The van der Waals surface area contributed by atoms with Crippen molar-refractivity contribution in [2.45, 2.75) is 38.1 Å². The van der Waals surface area contributed by atoms with Gasteiger partial charge in [0, 0.05) is 44.8 Å². The Bertz CT molecular complexity index is 903. The van der Waals surface area contributed by atoms with Crippen molar-refractivity contribution in [1.29, 1.82) is 0 Å². The first-order valence-electron chi connectivity index (χ1n) is 9.96. The summed E-state index contributed by atoms with van der Waals surface area (Å²) in [7, 11) is 0. The van der Waals surface area contributed by atoms with Gasteiger partial charge in [-0.2, -0.15) is 4.52 Å². The zero-order valence-corrected chi connectivity index (χ0v) is 15.5. The highest BCUT2D eigenvalue weighted by Crippen LogP contribution is 2.35. The van der Waals surface area contributed by atoms with E-state index in [1.165, 1.54) is 19.3 Å². The van der Waals surface area contributed by atoms with Crippen LogP contribution in [0.25, 0.3) is 5.65 Å². The van der Waals surface area contributed by atoms with Crippen molar-refractivity contribution in [3.05, 3.63) is 48.0 Å². The van der Waals surface area contributed by atoms with Crippen LogP contribution in [0.1, 0.15) is 43.1 Å². The molecule has 140 valence electrons. The lowest BCUT2D eigenvalue weighted by atomic mass is 9.85. The molecule has 0 atom stereocenters. The van der Waals surface area contributed by atoms with Crippen LogP contribution in [0.4, 0.5) is 5.82 Å². The highest BCUT2D eigenvalue weighted by molar-refractivity contribution is 5.46. The molecule has 3 aromatic heterocycles. The highest BCUT2D eigenvalue weighted by Gasteiger charge is 2.26. The predicted molar refractivity (Wildman–Crippen MR) is 104 cm³/mol. The molecule has 27 heavy (non-hydrogen) atoms. The van der Waals surface area contributed by atoms with Crippen LogP contribution in [0.15, 0.2) is 36.5 Å². The second-order valence-corrected chi connectivity index (χ2v) is 7.59. The third kappa shape index (κ3) is 3.39. The fraction of sp³-hybridized carbons (Fsp3) is 0.500. The molecule has 0 unspecified atom stereocenters. The summed E-state index contributed by atoms with van der Waals surface area (Å²) >= 11 is 0. The normalized spacial score (nSPS) is 19.2. The van der Waals surface area contributed by atoms with Gasteiger partial charge in [0.05, 0.1) is 5.69 Å². The first-order valence-corrected chi connectivity index (χ1v) is 9.96. The lowest BCUT2D eigenvalue weighted by molar-refractivity contribution is 0.282. The summed E-state index contributed by atoms with van der Waals surface area (Å²) in [6.45, 7) is 5.03. The SMILES string of the molecule is c1ccc(CN2CCCN(c3ccc4nnc(C5CCC5)n4n3)CC2)nc1. The molecule has 2 aliphatic rings. The zero-order chi connectivity index (χ0) is 18.1. The molecule has 0 spiro atoms. The predicted octanol–water partition coefficient (Wildman–Crippen LogP) is 2.50. The van der Waals surface area contributed by atoms with Gasteiger partial charge in [-0.15, -0.1) is 15.3 Å². The minimum Gasteiger partial charge on any atom is -0.354 e. The molecule has 0 N–H and O–H groups in total. The van der Waals surface area contributed by atoms with Gasteiger partial charge >= 0.3 is 0 Å². The van der Waals surface area contributed by atoms with Gasteiger partial charge in [0.2, 0.25) is 0 Å². The second kappa shape index (κ2) is 7.23. The Balaban J connectivity index is 1.31. The van der Waals surface area contributed by atoms with Gasteiger partial charge in [-0.1, -0.05) is 12.5 Å². The van der Waals surface area contributed by atoms with Gasteiger partial charge in [0.1, 0.15) is 5.82 Å². The van der Waals surface area contributed by atoms with E-state index in [1.807, 2.05) is 22.8 Å². The van der Waals surface area contributed by atoms with Gasteiger partial charge in [-0.05, 0) is 43.5 Å². The fourth-order valence-electron chi connectivity index (χ4n) is 3.96. The van der Waals surface area contributed by atoms with Crippen molar-refractivity contribution < 1.29 is 0 Å². The van der Waals surface area contributed by atoms with Crippen LogP contribution in [-0.4, -0.2) is 55.9 Å². The molecule has 5 rings (SSSR count). The Labute approximate surface area is 159 Å². The van der Waals surface area contributed by atoms with Crippen molar-refractivity contribution in [2.24, 2.45) is 0 Å². The number of fused-ring (bicyclic) bond motifs is 1. The van der Waals surface area contributed by atoms with E-state index < -0.39 is 0 Å². The Morgan fingerprint density at radius 2 is 1.89 bits per heavy atom. The summed E-state index contributed by atoms with van der Waals surface area (Å²) in [5.41, 5.74) is 1.99. The molecule has 0 aromatic carbocycles. The topological polar surface area (TPSA) is 62.5 Å². The van der Waals surface area contributed by atoms with E-state index in [1.54, 1.807) is 0 Å². The van der Waals surface area contributed by atoms with E-state index >= 15 is 0 Å². The molecule has 0 amide bonds. The summed E-state index contributed by atoms with van der Waals surface area (Å²) in [6.07, 6.45) is 6.71. The smallest absolute Gasteiger partial charge is 0.178 e. The molecule has 7 heteroatoms. The maximum Gasteiger partial charge on any atom is 0.178 e. The van der Waals surface area contributed by atoms with E-state index in [0.717, 1.165) is 62.1 Å². The number of rotatable bonds is 4. The monoisotopic (exact) mass is 363 g/mol. The van der Waals surface area contributed by atoms with Gasteiger partial charge in [0.25, 0.3) is 0 Å². The summed E-state index contributed by atoms with van der Waals surface area (Å²) in [6, 6.07) is 10.3. The molecule has 1 aliphatic carbocycles. The first kappa shape index (κ1) is 16.6. The van der Waals surface area contributed by atoms with Crippen LogP contribution in [-0.2, 0) is 6.54 Å². The molecular formula is C20H25N7. The maximum absolute atomic E-state index is 4.90. The molecule has 1 aliphatic heterocycles. The van der Waals surface area contributed by atoms with E-state index in [0.29, 0.717) is 5.92 Å². The van der Waals surface area contributed by atoms with E-state index in [2.05, 4.69) is 43.2 Å². The average Bonchev–Trinajstić information content (AvgIpc) is 2.91. The van der Waals surface area contributed by atoms with Gasteiger partial charge in [-0.3, -0.25) is 9.88 Å². The Hall–Kier alpha value is -2.54. The van der Waals surface area contributed by atoms with Crippen LogP contribution in [0, 0.1) is 0 Å². The quantitative estimate of drug-likeness (QED) is 0.710. The van der Waals surface area contributed by atoms with Crippen LogP contribution >= 0.6 is 0 Å². The minimum absolute atomic E-state index is 0.528. The summed E-state index contributed by atoms with van der Waals surface area (Å²) in [5.74, 6) is 2.59. The van der Waals surface area contributed by atoms with Crippen LogP contribution in [0.5, 0.6) is 0 Å². The summed E-state index contributed by atoms with van der Waals surface area (Å²) in [4.78, 5) is 9.34. The average molecular weight is 363 g/mol. The van der Waals surface area contributed by atoms with E-state index in [-0.39, 0.29) is 0 Å². The highest BCUT2D eigenvalue weighted by atomic mass is 15.4. The molecule has 2 fully saturated rings. The van der Waals surface area contributed by atoms with Gasteiger partial charge in [0.15, 0.2) is 11.5 Å². The third-order valence-corrected chi connectivity index (χ3v) is 5.77. The second-order valence-electron chi connectivity index (χ2n) is 7.59. The van der Waals surface area contributed by atoms with Crippen LogP contribution in [0.3, 0.4) is 0 Å². The zero-order valence-electron chi connectivity index (χ0n) is 15.5.